The molecule has 2 aliphatic rings. The second-order valence-electron chi connectivity index (χ2n) is 8.27. The van der Waals surface area contributed by atoms with E-state index in [0.29, 0.717) is 35.3 Å². The fourth-order valence-electron chi connectivity index (χ4n) is 4.32. The average molecular weight is 437 g/mol. The van der Waals surface area contributed by atoms with Crippen molar-refractivity contribution >= 4 is 11.8 Å². The van der Waals surface area contributed by atoms with Crippen LogP contribution in [0.4, 0.5) is 17.6 Å². The predicted molar refractivity (Wildman–Crippen MR) is 106 cm³/mol. The maximum absolute atomic E-state index is 13.8. The fourth-order valence-corrected chi connectivity index (χ4v) is 4.32. The molecule has 1 aromatic heterocycles. The van der Waals surface area contributed by atoms with E-state index in [-0.39, 0.29) is 43.2 Å². The number of amides is 2. The molecule has 0 bridgehead atoms. The van der Waals surface area contributed by atoms with Gasteiger partial charge in [-0.1, -0.05) is 0 Å². The van der Waals surface area contributed by atoms with Gasteiger partial charge in [0.2, 0.25) is 11.8 Å². The number of halogens is 4. The van der Waals surface area contributed by atoms with Gasteiger partial charge in [0.15, 0.2) is 0 Å². The summed E-state index contributed by atoms with van der Waals surface area (Å²) in [6.45, 7) is 2.13. The molecule has 2 aromatic rings. The van der Waals surface area contributed by atoms with Gasteiger partial charge in [-0.3, -0.25) is 9.59 Å². The first-order chi connectivity index (χ1) is 14.6. The van der Waals surface area contributed by atoms with E-state index in [2.05, 4.69) is 15.6 Å². The van der Waals surface area contributed by atoms with Gasteiger partial charge < -0.3 is 15.6 Å². The Bertz CT molecular complexity index is 1010. The van der Waals surface area contributed by atoms with Gasteiger partial charge in [0.1, 0.15) is 17.3 Å². The van der Waals surface area contributed by atoms with E-state index < -0.39 is 23.5 Å². The van der Waals surface area contributed by atoms with Crippen LogP contribution in [0.25, 0.3) is 11.3 Å². The van der Waals surface area contributed by atoms with Crippen molar-refractivity contribution in [1.29, 1.82) is 0 Å². The van der Waals surface area contributed by atoms with Gasteiger partial charge in [-0.05, 0) is 73.6 Å². The van der Waals surface area contributed by atoms with Gasteiger partial charge in [0.05, 0.1) is 0 Å². The summed E-state index contributed by atoms with van der Waals surface area (Å²) in [4.78, 5) is 27.0. The normalized spacial score (nSPS) is 19.9. The van der Waals surface area contributed by atoms with Crippen molar-refractivity contribution < 1.29 is 27.2 Å². The number of alkyl halides is 3. The summed E-state index contributed by atoms with van der Waals surface area (Å²) >= 11 is 0. The molecule has 31 heavy (non-hydrogen) atoms. The third-order valence-corrected chi connectivity index (χ3v) is 6.27. The molecule has 2 amide bonds. The van der Waals surface area contributed by atoms with Gasteiger partial charge in [0.25, 0.3) is 0 Å². The number of hydrogen-bond donors (Lipinski definition) is 3. The maximum atomic E-state index is 13.8. The molecule has 1 unspecified atom stereocenters. The lowest BCUT2D eigenvalue weighted by molar-refractivity contribution is -0.161. The number of nitrogens with one attached hydrogen (secondary N) is 3. The summed E-state index contributed by atoms with van der Waals surface area (Å²) in [5, 5.41) is 5.31. The van der Waals surface area contributed by atoms with Crippen LogP contribution in [0.1, 0.15) is 42.5 Å². The lowest BCUT2D eigenvalue weighted by atomic mass is 9.94. The van der Waals surface area contributed by atoms with Crippen molar-refractivity contribution in [2.45, 2.75) is 56.7 Å². The Morgan fingerprint density at radius 3 is 2.45 bits per heavy atom. The third kappa shape index (κ3) is 3.93. The number of hydrogen-bond acceptors (Lipinski definition) is 2. The first-order valence-corrected chi connectivity index (χ1v) is 10.2. The zero-order valence-corrected chi connectivity index (χ0v) is 17.0. The standard InChI is InChI=1S/C22H23F4N3O2/c1-12-15(6-7-17(30)28-16-8-11-27-20(16)31)18(13-2-4-14(23)5-3-13)29-19(12)21(9-10-21)22(24,25)26/h2-5,16,29H,6-11H2,1H3,(H,27,31)(H,28,30). The molecule has 2 heterocycles. The van der Waals surface area contributed by atoms with Crippen LogP contribution in [0.5, 0.6) is 0 Å². The maximum Gasteiger partial charge on any atom is 0.399 e. The van der Waals surface area contributed by atoms with Crippen LogP contribution in [-0.2, 0) is 21.4 Å². The predicted octanol–water partition coefficient (Wildman–Crippen LogP) is 3.66. The van der Waals surface area contributed by atoms with Gasteiger partial charge in [-0.25, -0.2) is 4.39 Å². The minimum absolute atomic E-state index is 0.0113. The number of aromatic amines is 1. The number of H-pyrrole nitrogens is 1. The first kappa shape index (κ1) is 21.4. The zero-order valence-electron chi connectivity index (χ0n) is 17.0. The van der Waals surface area contributed by atoms with Crippen molar-refractivity contribution in [3.05, 3.63) is 46.9 Å². The minimum Gasteiger partial charge on any atom is -0.357 e. The lowest BCUT2D eigenvalue weighted by Gasteiger charge is -2.19. The molecule has 9 heteroatoms. The zero-order chi connectivity index (χ0) is 22.4. The van der Waals surface area contributed by atoms with Crippen LogP contribution in [0.15, 0.2) is 24.3 Å². The number of carbonyl (C=O) groups excluding carboxylic acids is 2. The molecular weight excluding hydrogens is 414 g/mol. The highest BCUT2D eigenvalue weighted by molar-refractivity contribution is 5.89. The first-order valence-electron chi connectivity index (χ1n) is 10.2. The number of aromatic nitrogens is 1. The second-order valence-corrected chi connectivity index (χ2v) is 8.27. The summed E-state index contributed by atoms with van der Waals surface area (Å²) < 4.78 is 54.7. The van der Waals surface area contributed by atoms with E-state index in [9.17, 15) is 27.2 Å². The molecule has 3 N–H and O–H groups in total. The summed E-state index contributed by atoms with van der Waals surface area (Å²) in [5.41, 5.74) is 0.316. The Labute approximate surface area is 176 Å². The number of rotatable bonds is 6. The fraction of sp³-hybridized carbons (Fsp3) is 0.455. The minimum atomic E-state index is -4.38. The molecule has 4 rings (SSSR count). The lowest BCUT2D eigenvalue weighted by Crippen LogP contribution is -2.40. The summed E-state index contributed by atoms with van der Waals surface area (Å²) in [6, 6.07) is 4.93. The van der Waals surface area contributed by atoms with Crippen molar-refractivity contribution in [2.75, 3.05) is 6.54 Å². The molecule has 1 aliphatic carbocycles. The molecular formula is C22H23F4N3O2. The molecule has 1 saturated heterocycles. The van der Waals surface area contributed by atoms with Gasteiger partial charge in [-0.2, -0.15) is 13.2 Å². The Balaban J connectivity index is 1.63. The van der Waals surface area contributed by atoms with E-state index in [1.807, 2.05) is 0 Å². The van der Waals surface area contributed by atoms with Crippen LogP contribution in [0, 0.1) is 12.7 Å². The Kier molecular flexibility index (Phi) is 5.31. The van der Waals surface area contributed by atoms with Crippen molar-refractivity contribution in [1.82, 2.24) is 15.6 Å². The van der Waals surface area contributed by atoms with Crippen LogP contribution in [0.3, 0.4) is 0 Å². The molecule has 1 saturated carbocycles. The van der Waals surface area contributed by atoms with Crippen LogP contribution < -0.4 is 10.6 Å². The molecule has 5 nitrogen and oxygen atoms in total. The van der Waals surface area contributed by atoms with Gasteiger partial charge in [0, 0.05) is 24.4 Å². The highest BCUT2D eigenvalue weighted by atomic mass is 19.4. The second kappa shape index (κ2) is 7.69. The average Bonchev–Trinajstić information content (AvgIpc) is 3.34. The SMILES string of the molecule is Cc1c(C2(C(F)(F)F)CC2)[nH]c(-c2ccc(F)cc2)c1CCC(=O)NC1CCNC1=O. The Morgan fingerprint density at radius 2 is 1.90 bits per heavy atom. The van der Waals surface area contributed by atoms with Crippen molar-refractivity contribution in [2.24, 2.45) is 0 Å². The Hall–Kier alpha value is -2.84. The molecule has 166 valence electrons. The van der Waals surface area contributed by atoms with Gasteiger partial charge >= 0.3 is 6.18 Å². The summed E-state index contributed by atoms with van der Waals surface area (Å²) in [5.74, 6) is -1.02. The quantitative estimate of drug-likeness (QED) is 0.604. The van der Waals surface area contributed by atoms with Crippen molar-refractivity contribution in [3.8, 4) is 11.3 Å². The van der Waals surface area contributed by atoms with E-state index in [0.717, 1.165) is 0 Å². The Morgan fingerprint density at radius 1 is 1.23 bits per heavy atom. The topological polar surface area (TPSA) is 74.0 Å². The van der Waals surface area contributed by atoms with Crippen molar-refractivity contribution in [3.63, 3.8) is 0 Å². The number of benzene rings is 1. The molecule has 1 aromatic carbocycles. The smallest absolute Gasteiger partial charge is 0.357 e. The highest BCUT2D eigenvalue weighted by Crippen LogP contribution is 2.60. The van der Waals surface area contributed by atoms with Crippen LogP contribution >= 0.6 is 0 Å². The van der Waals surface area contributed by atoms with Crippen LogP contribution in [0.2, 0.25) is 0 Å². The van der Waals surface area contributed by atoms with E-state index in [1.165, 1.54) is 24.3 Å². The molecule has 2 fully saturated rings. The summed E-state index contributed by atoms with van der Waals surface area (Å²) in [6.07, 6.45) is -3.63. The van der Waals surface area contributed by atoms with Crippen LogP contribution in [-0.4, -0.2) is 35.6 Å². The molecule has 0 radical (unpaired) electrons. The molecule has 0 spiro atoms. The largest absolute Gasteiger partial charge is 0.399 e. The molecule has 1 aliphatic heterocycles. The monoisotopic (exact) mass is 437 g/mol. The van der Waals surface area contributed by atoms with Gasteiger partial charge in [-0.15, -0.1) is 0 Å². The molecule has 1 atom stereocenters. The van der Waals surface area contributed by atoms with E-state index in [4.69, 9.17) is 0 Å². The highest BCUT2D eigenvalue weighted by Gasteiger charge is 2.65. The van der Waals surface area contributed by atoms with E-state index >= 15 is 0 Å². The third-order valence-electron chi connectivity index (χ3n) is 6.27. The number of carbonyl (C=O) groups is 2. The summed E-state index contributed by atoms with van der Waals surface area (Å²) in [7, 11) is 0. The van der Waals surface area contributed by atoms with E-state index in [1.54, 1.807) is 6.92 Å².